The number of alkyl halides is 1. The molecule has 0 aliphatic rings. The van der Waals surface area contributed by atoms with Gasteiger partial charge < -0.3 is 5.32 Å². The summed E-state index contributed by atoms with van der Waals surface area (Å²) >= 11 is 5.97. The summed E-state index contributed by atoms with van der Waals surface area (Å²) in [6.07, 6.45) is 1.89. The van der Waals surface area contributed by atoms with Gasteiger partial charge in [-0.15, -0.1) is 11.6 Å². The van der Waals surface area contributed by atoms with Gasteiger partial charge >= 0.3 is 0 Å². The molecule has 0 saturated carbocycles. The highest BCUT2D eigenvalue weighted by molar-refractivity contribution is 6.18. The van der Waals surface area contributed by atoms with Gasteiger partial charge in [0, 0.05) is 23.5 Å². The second kappa shape index (κ2) is 6.21. The van der Waals surface area contributed by atoms with Crippen LogP contribution in [-0.4, -0.2) is 11.4 Å². The number of rotatable bonds is 6. The Labute approximate surface area is 102 Å². The van der Waals surface area contributed by atoms with Crippen molar-refractivity contribution in [1.29, 1.82) is 0 Å². The maximum absolute atomic E-state index is 13.4. The molecule has 0 aliphatic carbocycles. The Bertz CT molecular complexity index is 315. The molecule has 1 N–H and O–H groups in total. The van der Waals surface area contributed by atoms with Crippen LogP contribution >= 0.6 is 11.6 Å². The molecular formula is C13H19ClFN. The van der Waals surface area contributed by atoms with Crippen LogP contribution in [0, 0.1) is 5.82 Å². The molecule has 90 valence electrons. The molecule has 0 aromatic heterocycles. The third-order valence-corrected chi connectivity index (χ3v) is 3.73. The first-order valence-electron chi connectivity index (χ1n) is 5.72. The van der Waals surface area contributed by atoms with Crippen LogP contribution in [-0.2, 0) is 6.54 Å². The molecule has 1 aromatic carbocycles. The van der Waals surface area contributed by atoms with Crippen molar-refractivity contribution in [3.8, 4) is 0 Å². The molecule has 0 aliphatic heterocycles. The number of halogens is 2. The van der Waals surface area contributed by atoms with E-state index in [1.807, 2.05) is 6.07 Å². The average molecular weight is 244 g/mol. The molecule has 0 bridgehead atoms. The number of hydrogen-bond donors (Lipinski definition) is 1. The number of benzene rings is 1. The third kappa shape index (κ3) is 3.19. The molecule has 0 saturated heterocycles. The SMILES string of the molecule is CCC(CC)(CCl)NCc1ccccc1F. The number of hydrogen-bond acceptors (Lipinski definition) is 1. The molecule has 0 amide bonds. The van der Waals surface area contributed by atoms with E-state index in [2.05, 4.69) is 19.2 Å². The summed E-state index contributed by atoms with van der Waals surface area (Å²) in [5.74, 6) is 0.389. The second-order valence-corrected chi connectivity index (χ2v) is 4.33. The van der Waals surface area contributed by atoms with Gasteiger partial charge in [0.15, 0.2) is 0 Å². The van der Waals surface area contributed by atoms with Crippen LogP contribution in [0.25, 0.3) is 0 Å². The molecule has 0 atom stereocenters. The van der Waals surface area contributed by atoms with Crippen molar-refractivity contribution in [3.05, 3.63) is 35.6 Å². The van der Waals surface area contributed by atoms with Gasteiger partial charge in [-0.05, 0) is 18.9 Å². The molecule has 0 fully saturated rings. The predicted octanol–water partition coefficient (Wildman–Crippen LogP) is 3.71. The van der Waals surface area contributed by atoms with E-state index in [0.29, 0.717) is 18.0 Å². The van der Waals surface area contributed by atoms with E-state index in [1.54, 1.807) is 12.1 Å². The van der Waals surface area contributed by atoms with E-state index in [9.17, 15) is 4.39 Å². The molecule has 0 radical (unpaired) electrons. The molecule has 0 heterocycles. The first-order valence-corrected chi connectivity index (χ1v) is 6.25. The Morgan fingerprint density at radius 1 is 1.25 bits per heavy atom. The third-order valence-electron chi connectivity index (χ3n) is 3.22. The van der Waals surface area contributed by atoms with Crippen LogP contribution in [0.3, 0.4) is 0 Å². The van der Waals surface area contributed by atoms with Gasteiger partial charge in [0.05, 0.1) is 0 Å². The molecule has 1 rings (SSSR count). The van der Waals surface area contributed by atoms with Gasteiger partial charge in [0.25, 0.3) is 0 Å². The van der Waals surface area contributed by atoms with Gasteiger partial charge in [-0.25, -0.2) is 4.39 Å². The minimum atomic E-state index is -0.161. The summed E-state index contributed by atoms with van der Waals surface area (Å²) in [4.78, 5) is 0. The summed E-state index contributed by atoms with van der Waals surface area (Å²) in [5, 5.41) is 3.37. The number of nitrogens with one attached hydrogen (secondary N) is 1. The topological polar surface area (TPSA) is 12.0 Å². The highest BCUT2D eigenvalue weighted by Gasteiger charge is 2.24. The minimum absolute atomic E-state index is 0.0795. The second-order valence-electron chi connectivity index (χ2n) is 4.07. The largest absolute Gasteiger partial charge is 0.306 e. The summed E-state index contributed by atoms with van der Waals surface area (Å²) in [6, 6.07) is 6.83. The zero-order valence-corrected chi connectivity index (χ0v) is 10.6. The van der Waals surface area contributed by atoms with Crippen LogP contribution in [0.15, 0.2) is 24.3 Å². The maximum Gasteiger partial charge on any atom is 0.127 e. The Hall–Kier alpha value is -0.600. The monoisotopic (exact) mass is 243 g/mol. The van der Waals surface area contributed by atoms with Gasteiger partial charge in [0.2, 0.25) is 0 Å². The van der Waals surface area contributed by atoms with Gasteiger partial charge in [-0.3, -0.25) is 0 Å². The van der Waals surface area contributed by atoms with Crippen LogP contribution < -0.4 is 5.32 Å². The van der Waals surface area contributed by atoms with Crippen LogP contribution in [0.5, 0.6) is 0 Å². The fourth-order valence-corrected chi connectivity index (χ4v) is 2.13. The standard InChI is InChI=1S/C13H19ClFN/c1-3-13(4-2,10-14)16-9-11-7-5-6-8-12(11)15/h5-8,16H,3-4,9-10H2,1-2H3. The first kappa shape index (κ1) is 13.5. The van der Waals surface area contributed by atoms with E-state index in [1.165, 1.54) is 6.07 Å². The average Bonchev–Trinajstić information content (AvgIpc) is 2.34. The Morgan fingerprint density at radius 2 is 1.88 bits per heavy atom. The summed E-state index contributed by atoms with van der Waals surface area (Å²) in [6.45, 7) is 4.72. The van der Waals surface area contributed by atoms with Crippen molar-refractivity contribution in [2.24, 2.45) is 0 Å². The normalized spacial score (nSPS) is 11.8. The Kier molecular flexibility index (Phi) is 5.23. The van der Waals surface area contributed by atoms with Crippen LogP contribution in [0.2, 0.25) is 0 Å². The van der Waals surface area contributed by atoms with Crippen molar-refractivity contribution in [1.82, 2.24) is 5.32 Å². The minimum Gasteiger partial charge on any atom is -0.306 e. The fraction of sp³-hybridized carbons (Fsp3) is 0.538. The molecule has 3 heteroatoms. The summed E-state index contributed by atoms with van der Waals surface area (Å²) < 4.78 is 13.4. The van der Waals surface area contributed by atoms with Gasteiger partial charge in [0.1, 0.15) is 5.82 Å². The lowest BCUT2D eigenvalue weighted by Crippen LogP contribution is -2.45. The van der Waals surface area contributed by atoms with Crippen LogP contribution in [0.1, 0.15) is 32.3 Å². The fourth-order valence-electron chi connectivity index (χ4n) is 1.66. The van der Waals surface area contributed by atoms with Crippen molar-refractivity contribution in [2.75, 3.05) is 5.88 Å². The molecule has 1 nitrogen and oxygen atoms in total. The van der Waals surface area contributed by atoms with E-state index >= 15 is 0 Å². The molecule has 16 heavy (non-hydrogen) atoms. The zero-order valence-electron chi connectivity index (χ0n) is 9.89. The lowest BCUT2D eigenvalue weighted by atomic mass is 9.95. The lowest BCUT2D eigenvalue weighted by molar-refractivity contribution is 0.332. The summed E-state index contributed by atoms with van der Waals surface area (Å²) in [5.41, 5.74) is 0.614. The van der Waals surface area contributed by atoms with Gasteiger partial charge in [-0.1, -0.05) is 32.0 Å². The predicted molar refractivity (Wildman–Crippen MR) is 67.3 cm³/mol. The van der Waals surface area contributed by atoms with Crippen molar-refractivity contribution in [2.45, 2.75) is 38.8 Å². The van der Waals surface area contributed by atoms with Gasteiger partial charge in [-0.2, -0.15) is 0 Å². The Balaban J connectivity index is 2.66. The highest BCUT2D eigenvalue weighted by atomic mass is 35.5. The van der Waals surface area contributed by atoms with E-state index in [0.717, 1.165) is 12.8 Å². The first-order chi connectivity index (χ1) is 7.67. The van der Waals surface area contributed by atoms with Crippen molar-refractivity contribution < 1.29 is 4.39 Å². The van der Waals surface area contributed by atoms with Crippen LogP contribution in [0.4, 0.5) is 4.39 Å². The van der Waals surface area contributed by atoms with E-state index < -0.39 is 0 Å². The zero-order chi connectivity index (χ0) is 12.0. The van der Waals surface area contributed by atoms with Crippen molar-refractivity contribution in [3.63, 3.8) is 0 Å². The maximum atomic E-state index is 13.4. The van der Waals surface area contributed by atoms with E-state index in [4.69, 9.17) is 11.6 Å². The Morgan fingerprint density at radius 3 is 2.38 bits per heavy atom. The molecule has 0 spiro atoms. The molecular weight excluding hydrogens is 225 g/mol. The van der Waals surface area contributed by atoms with Crippen molar-refractivity contribution >= 4 is 11.6 Å². The van der Waals surface area contributed by atoms with E-state index in [-0.39, 0.29) is 11.4 Å². The highest BCUT2D eigenvalue weighted by Crippen LogP contribution is 2.18. The lowest BCUT2D eigenvalue weighted by Gasteiger charge is -2.31. The molecule has 0 unspecified atom stereocenters. The molecule has 1 aromatic rings. The smallest absolute Gasteiger partial charge is 0.127 e. The quantitative estimate of drug-likeness (QED) is 0.751. The summed E-state index contributed by atoms with van der Waals surface area (Å²) in [7, 11) is 0.